The minimum atomic E-state index is 0.398. The number of nitrogens with one attached hydrogen (secondary N) is 1. The van der Waals surface area contributed by atoms with E-state index in [0.29, 0.717) is 11.8 Å². The van der Waals surface area contributed by atoms with E-state index in [2.05, 4.69) is 48.2 Å². The topological polar surface area (TPSA) is 55.2 Å². The van der Waals surface area contributed by atoms with Crippen molar-refractivity contribution in [1.82, 2.24) is 20.1 Å². The van der Waals surface area contributed by atoms with E-state index >= 15 is 0 Å². The minimum Gasteiger partial charge on any atom is -0.481 e. The molecule has 0 aliphatic rings. The lowest BCUT2D eigenvalue weighted by atomic mass is 10.1. The molecule has 6 nitrogen and oxygen atoms in total. The van der Waals surface area contributed by atoms with Gasteiger partial charge in [0.15, 0.2) is 0 Å². The average molecular weight is 317 g/mol. The number of aryl methyl sites for hydroxylation is 1. The number of hydrogen-bond acceptors (Lipinski definition) is 5. The SMILES string of the molecule is COc1ccc(CNCc2c(C(C)C)nn(C)c2N(C)C)cn1. The number of ether oxygens (including phenoxy) is 1. The van der Waals surface area contributed by atoms with E-state index in [1.54, 1.807) is 7.11 Å². The molecule has 0 unspecified atom stereocenters. The van der Waals surface area contributed by atoms with Crippen LogP contribution in [0.4, 0.5) is 5.82 Å². The molecule has 0 bridgehead atoms. The molecule has 0 atom stereocenters. The van der Waals surface area contributed by atoms with Crippen LogP contribution in [-0.2, 0) is 20.1 Å². The molecule has 0 aliphatic carbocycles. The van der Waals surface area contributed by atoms with Crippen molar-refractivity contribution in [1.29, 1.82) is 0 Å². The average Bonchev–Trinajstić information content (AvgIpc) is 2.85. The van der Waals surface area contributed by atoms with Crippen molar-refractivity contribution < 1.29 is 4.74 Å². The summed E-state index contributed by atoms with van der Waals surface area (Å²) in [5.74, 6) is 2.18. The van der Waals surface area contributed by atoms with Crippen molar-refractivity contribution in [2.75, 3.05) is 26.1 Å². The zero-order valence-electron chi connectivity index (χ0n) is 14.9. The molecule has 0 radical (unpaired) electrons. The predicted molar refractivity (Wildman–Crippen MR) is 93.0 cm³/mol. The minimum absolute atomic E-state index is 0.398. The van der Waals surface area contributed by atoms with Gasteiger partial charge < -0.3 is 15.0 Å². The van der Waals surface area contributed by atoms with Crippen LogP contribution in [0.3, 0.4) is 0 Å². The highest BCUT2D eigenvalue weighted by Crippen LogP contribution is 2.27. The Morgan fingerprint density at radius 1 is 1.26 bits per heavy atom. The molecule has 2 heterocycles. The molecule has 0 amide bonds. The molecule has 0 aliphatic heterocycles. The van der Waals surface area contributed by atoms with Crippen molar-refractivity contribution in [3.05, 3.63) is 35.2 Å². The summed E-state index contributed by atoms with van der Waals surface area (Å²) in [7, 11) is 7.73. The Kier molecular flexibility index (Phi) is 5.60. The first-order valence-corrected chi connectivity index (χ1v) is 7.86. The molecule has 6 heteroatoms. The first-order valence-electron chi connectivity index (χ1n) is 7.86. The molecule has 0 fully saturated rings. The summed E-state index contributed by atoms with van der Waals surface area (Å²) in [4.78, 5) is 6.35. The van der Waals surface area contributed by atoms with Crippen LogP contribution in [0.15, 0.2) is 18.3 Å². The second-order valence-corrected chi connectivity index (χ2v) is 6.17. The number of hydrogen-bond donors (Lipinski definition) is 1. The normalized spacial score (nSPS) is 11.1. The first-order chi connectivity index (χ1) is 10.9. The van der Waals surface area contributed by atoms with E-state index < -0.39 is 0 Å². The molecule has 0 spiro atoms. The second-order valence-electron chi connectivity index (χ2n) is 6.17. The number of aromatic nitrogens is 3. The molecule has 2 aromatic rings. The lowest BCUT2D eigenvalue weighted by Crippen LogP contribution is -2.19. The van der Waals surface area contributed by atoms with Crippen molar-refractivity contribution in [2.45, 2.75) is 32.9 Å². The van der Waals surface area contributed by atoms with Crippen LogP contribution < -0.4 is 15.0 Å². The van der Waals surface area contributed by atoms with Gasteiger partial charge in [-0.25, -0.2) is 4.98 Å². The third-order valence-corrected chi connectivity index (χ3v) is 3.75. The highest BCUT2D eigenvalue weighted by Gasteiger charge is 2.19. The summed E-state index contributed by atoms with van der Waals surface area (Å²) >= 11 is 0. The summed E-state index contributed by atoms with van der Waals surface area (Å²) in [5, 5.41) is 8.18. The van der Waals surface area contributed by atoms with E-state index in [-0.39, 0.29) is 0 Å². The molecule has 0 saturated heterocycles. The lowest BCUT2D eigenvalue weighted by Gasteiger charge is -2.16. The number of nitrogens with zero attached hydrogens (tertiary/aromatic N) is 4. The summed E-state index contributed by atoms with van der Waals surface area (Å²) in [6.45, 7) is 5.90. The fraction of sp³-hybridized carbons (Fsp3) is 0.529. The van der Waals surface area contributed by atoms with E-state index in [4.69, 9.17) is 4.74 Å². The van der Waals surface area contributed by atoms with Crippen molar-refractivity contribution in [2.24, 2.45) is 7.05 Å². The fourth-order valence-electron chi connectivity index (χ4n) is 2.74. The zero-order valence-corrected chi connectivity index (χ0v) is 14.9. The van der Waals surface area contributed by atoms with Crippen LogP contribution >= 0.6 is 0 Å². The van der Waals surface area contributed by atoms with Crippen LogP contribution in [0.2, 0.25) is 0 Å². The summed E-state index contributed by atoms with van der Waals surface area (Å²) < 4.78 is 7.04. The van der Waals surface area contributed by atoms with Crippen molar-refractivity contribution in [3.8, 4) is 5.88 Å². The molecule has 23 heavy (non-hydrogen) atoms. The van der Waals surface area contributed by atoms with Gasteiger partial charge in [-0.1, -0.05) is 19.9 Å². The fourth-order valence-corrected chi connectivity index (χ4v) is 2.74. The molecular weight excluding hydrogens is 290 g/mol. The van der Waals surface area contributed by atoms with Crippen LogP contribution in [-0.4, -0.2) is 36.0 Å². The van der Waals surface area contributed by atoms with Crippen LogP contribution in [0.1, 0.15) is 36.6 Å². The van der Waals surface area contributed by atoms with E-state index in [0.717, 1.165) is 30.2 Å². The molecule has 2 aromatic heterocycles. The maximum Gasteiger partial charge on any atom is 0.212 e. The number of pyridine rings is 1. The Labute approximate surface area is 138 Å². The van der Waals surface area contributed by atoms with Gasteiger partial charge in [-0.2, -0.15) is 5.10 Å². The monoisotopic (exact) mass is 317 g/mol. The van der Waals surface area contributed by atoms with Gasteiger partial charge in [0.2, 0.25) is 5.88 Å². The largest absolute Gasteiger partial charge is 0.481 e. The molecule has 126 valence electrons. The van der Waals surface area contributed by atoms with Crippen LogP contribution in [0, 0.1) is 0 Å². The van der Waals surface area contributed by atoms with E-state index in [1.165, 1.54) is 5.56 Å². The highest BCUT2D eigenvalue weighted by atomic mass is 16.5. The Morgan fingerprint density at radius 2 is 2.00 bits per heavy atom. The van der Waals surface area contributed by atoms with Gasteiger partial charge in [-0.15, -0.1) is 0 Å². The van der Waals surface area contributed by atoms with Gasteiger partial charge in [0, 0.05) is 52.1 Å². The Hall–Kier alpha value is -2.08. The Balaban J connectivity index is 2.09. The first kappa shape index (κ1) is 17.3. The molecule has 1 N–H and O–H groups in total. The lowest BCUT2D eigenvalue weighted by molar-refractivity contribution is 0.397. The van der Waals surface area contributed by atoms with Crippen LogP contribution in [0.25, 0.3) is 0 Å². The second kappa shape index (κ2) is 7.46. The highest BCUT2D eigenvalue weighted by molar-refractivity contribution is 5.50. The number of methoxy groups -OCH3 is 1. The Morgan fingerprint density at radius 3 is 2.52 bits per heavy atom. The maximum absolute atomic E-state index is 5.08. The van der Waals surface area contributed by atoms with Crippen LogP contribution in [0.5, 0.6) is 5.88 Å². The molecular formula is C17H27N5O. The quantitative estimate of drug-likeness (QED) is 0.849. The molecule has 0 aromatic carbocycles. The third kappa shape index (κ3) is 4.01. The smallest absolute Gasteiger partial charge is 0.212 e. The molecule has 2 rings (SSSR count). The standard InChI is InChI=1S/C17H27N5O/c1-12(2)16-14(17(21(3)4)22(5)20-16)11-18-9-13-7-8-15(23-6)19-10-13/h7-8,10,12,18H,9,11H2,1-6H3. The number of anilines is 1. The van der Waals surface area contributed by atoms with Crippen molar-refractivity contribution >= 4 is 5.82 Å². The summed E-state index contributed by atoms with van der Waals surface area (Å²) in [5.41, 5.74) is 3.54. The summed E-state index contributed by atoms with van der Waals surface area (Å²) in [6.07, 6.45) is 1.84. The Bertz CT molecular complexity index is 631. The summed E-state index contributed by atoms with van der Waals surface area (Å²) in [6, 6.07) is 3.91. The van der Waals surface area contributed by atoms with Gasteiger partial charge >= 0.3 is 0 Å². The predicted octanol–water partition coefficient (Wildman–Crippen LogP) is 2.30. The van der Waals surface area contributed by atoms with Gasteiger partial charge in [-0.05, 0) is 11.5 Å². The van der Waals surface area contributed by atoms with Crippen molar-refractivity contribution in [3.63, 3.8) is 0 Å². The van der Waals surface area contributed by atoms with E-state index in [1.807, 2.05) is 30.1 Å². The molecule has 0 saturated carbocycles. The maximum atomic E-state index is 5.08. The van der Waals surface area contributed by atoms with Gasteiger partial charge in [0.25, 0.3) is 0 Å². The third-order valence-electron chi connectivity index (χ3n) is 3.75. The number of rotatable bonds is 7. The van der Waals surface area contributed by atoms with E-state index in [9.17, 15) is 0 Å². The van der Waals surface area contributed by atoms with Gasteiger partial charge in [0.05, 0.1) is 12.8 Å². The van der Waals surface area contributed by atoms with Gasteiger partial charge in [-0.3, -0.25) is 4.68 Å². The van der Waals surface area contributed by atoms with Gasteiger partial charge in [0.1, 0.15) is 5.82 Å². The zero-order chi connectivity index (χ0) is 17.0.